The first-order valence-electron chi connectivity index (χ1n) is 6.50. The molecule has 0 bridgehead atoms. The second-order valence-corrected chi connectivity index (χ2v) is 5.14. The van der Waals surface area contributed by atoms with E-state index in [1.807, 2.05) is 45.0 Å². The van der Waals surface area contributed by atoms with Gasteiger partial charge < -0.3 is 15.5 Å². The van der Waals surface area contributed by atoms with Crippen molar-refractivity contribution in [2.75, 3.05) is 0 Å². The normalized spacial score (nSPS) is 13.1. The lowest BCUT2D eigenvalue weighted by molar-refractivity contribution is -0.121. The quantitative estimate of drug-likeness (QED) is 0.867. The van der Waals surface area contributed by atoms with Crippen molar-refractivity contribution in [1.29, 1.82) is 0 Å². The number of benzene rings is 1. The van der Waals surface area contributed by atoms with E-state index in [-0.39, 0.29) is 17.9 Å². The number of amides is 1. The molecular weight excluding hydrogens is 240 g/mol. The molecule has 1 aromatic carbocycles. The van der Waals surface area contributed by atoms with Gasteiger partial charge in [0.25, 0.3) is 0 Å². The van der Waals surface area contributed by atoms with Crippen LogP contribution in [0.5, 0.6) is 0 Å². The van der Waals surface area contributed by atoms with Crippen LogP contribution in [0.25, 0.3) is 11.0 Å². The highest BCUT2D eigenvalue weighted by atomic mass is 16.3. The minimum absolute atomic E-state index is 0.163. The largest absolute Gasteiger partial charge is 0.461 e. The van der Waals surface area contributed by atoms with Gasteiger partial charge in [0.15, 0.2) is 0 Å². The molecule has 1 atom stereocenters. The molecule has 0 aliphatic heterocycles. The Bertz CT molecular complexity index is 587. The summed E-state index contributed by atoms with van der Waals surface area (Å²) in [6.45, 7) is 6.46. The molecule has 0 aliphatic carbocycles. The molecule has 1 unspecified atom stereocenters. The Hall–Kier alpha value is -1.81. The summed E-state index contributed by atoms with van der Waals surface area (Å²) in [5.41, 5.74) is 7.36. The molecule has 0 saturated heterocycles. The van der Waals surface area contributed by atoms with Crippen LogP contribution in [0.1, 0.15) is 25.2 Å². The van der Waals surface area contributed by atoms with Crippen LogP contribution in [0.2, 0.25) is 0 Å². The van der Waals surface area contributed by atoms with Crippen LogP contribution in [0.3, 0.4) is 0 Å². The van der Waals surface area contributed by atoms with Gasteiger partial charge in [0.2, 0.25) is 5.91 Å². The summed E-state index contributed by atoms with van der Waals surface area (Å²) in [5, 5.41) is 4.30. The Labute approximate surface area is 113 Å². The smallest absolute Gasteiger partial charge is 0.234 e. The first-order chi connectivity index (χ1) is 9.00. The average Bonchev–Trinajstić information content (AvgIpc) is 2.65. The van der Waals surface area contributed by atoms with E-state index in [0.717, 1.165) is 22.3 Å². The van der Waals surface area contributed by atoms with E-state index in [9.17, 15) is 4.79 Å². The summed E-state index contributed by atoms with van der Waals surface area (Å²) >= 11 is 0. The zero-order valence-corrected chi connectivity index (χ0v) is 11.6. The number of fused-ring (bicyclic) bond motifs is 1. The SMILES string of the molecule is Cc1oc2ccccc2c1CNC(C(N)=O)C(C)C. The molecule has 2 aromatic rings. The molecule has 102 valence electrons. The molecule has 0 fully saturated rings. The Balaban J connectivity index is 2.22. The van der Waals surface area contributed by atoms with Gasteiger partial charge in [-0.3, -0.25) is 4.79 Å². The van der Waals surface area contributed by atoms with Gasteiger partial charge in [-0.1, -0.05) is 32.0 Å². The highest BCUT2D eigenvalue weighted by Crippen LogP contribution is 2.25. The molecule has 3 N–H and O–H groups in total. The lowest BCUT2D eigenvalue weighted by Gasteiger charge is -2.18. The average molecular weight is 260 g/mol. The van der Waals surface area contributed by atoms with Crippen molar-refractivity contribution in [3.05, 3.63) is 35.6 Å². The number of hydrogen-bond donors (Lipinski definition) is 2. The first kappa shape index (κ1) is 13.6. The third-order valence-electron chi connectivity index (χ3n) is 3.37. The molecule has 0 aliphatic rings. The van der Waals surface area contributed by atoms with Crippen molar-refractivity contribution in [3.63, 3.8) is 0 Å². The third-order valence-corrected chi connectivity index (χ3v) is 3.37. The van der Waals surface area contributed by atoms with Crippen molar-refractivity contribution in [3.8, 4) is 0 Å². The summed E-state index contributed by atoms with van der Waals surface area (Å²) in [6.07, 6.45) is 0. The topological polar surface area (TPSA) is 68.3 Å². The molecule has 1 heterocycles. The van der Waals surface area contributed by atoms with Gasteiger partial charge >= 0.3 is 0 Å². The monoisotopic (exact) mass is 260 g/mol. The molecule has 0 radical (unpaired) electrons. The van der Waals surface area contributed by atoms with E-state index >= 15 is 0 Å². The first-order valence-corrected chi connectivity index (χ1v) is 6.50. The van der Waals surface area contributed by atoms with Crippen LogP contribution in [0, 0.1) is 12.8 Å². The summed E-state index contributed by atoms with van der Waals surface area (Å²) in [6, 6.07) is 7.57. The lowest BCUT2D eigenvalue weighted by atomic mass is 10.0. The number of hydrogen-bond acceptors (Lipinski definition) is 3. The Morgan fingerprint density at radius 1 is 1.37 bits per heavy atom. The Morgan fingerprint density at radius 2 is 2.05 bits per heavy atom. The maximum atomic E-state index is 11.4. The van der Waals surface area contributed by atoms with E-state index in [2.05, 4.69) is 5.32 Å². The van der Waals surface area contributed by atoms with Gasteiger partial charge in [0, 0.05) is 17.5 Å². The number of para-hydroxylation sites is 1. The minimum Gasteiger partial charge on any atom is -0.461 e. The standard InChI is InChI=1S/C15H20N2O2/c1-9(2)14(15(16)18)17-8-12-10(3)19-13-7-5-4-6-11(12)13/h4-7,9,14,17H,8H2,1-3H3,(H2,16,18). The van der Waals surface area contributed by atoms with E-state index < -0.39 is 0 Å². The van der Waals surface area contributed by atoms with Crippen LogP contribution in [0.15, 0.2) is 28.7 Å². The highest BCUT2D eigenvalue weighted by Gasteiger charge is 2.20. The van der Waals surface area contributed by atoms with Crippen molar-refractivity contribution in [2.45, 2.75) is 33.4 Å². The zero-order chi connectivity index (χ0) is 14.0. The molecule has 1 amide bonds. The number of rotatable bonds is 5. The van der Waals surface area contributed by atoms with Gasteiger partial charge in [-0.25, -0.2) is 0 Å². The number of nitrogens with two attached hydrogens (primary N) is 1. The van der Waals surface area contributed by atoms with E-state index in [4.69, 9.17) is 10.2 Å². The van der Waals surface area contributed by atoms with E-state index in [0.29, 0.717) is 6.54 Å². The maximum Gasteiger partial charge on any atom is 0.234 e. The van der Waals surface area contributed by atoms with Gasteiger partial charge in [0.1, 0.15) is 11.3 Å². The molecule has 4 nitrogen and oxygen atoms in total. The molecule has 0 spiro atoms. The van der Waals surface area contributed by atoms with Crippen LogP contribution in [-0.2, 0) is 11.3 Å². The Morgan fingerprint density at radius 3 is 2.68 bits per heavy atom. The van der Waals surface area contributed by atoms with Crippen molar-refractivity contribution in [1.82, 2.24) is 5.32 Å². The van der Waals surface area contributed by atoms with Crippen molar-refractivity contribution < 1.29 is 9.21 Å². The summed E-state index contributed by atoms with van der Waals surface area (Å²) in [4.78, 5) is 11.4. The predicted molar refractivity (Wildman–Crippen MR) is 75.6 cm³/mol. The fourth-order valence-corrected chi connectivity index (χ4v) is 2.32. The van der Waals surface area contributed by atoms with E-state index in [1.54, 1.807) is 0 Å². The molecule has 4 heteroatoms. The van der Waals surface area contributed by atoms with Gasteiger partial charge in [0.05, 0.1) is 6.04 Å². The molecule has 19 heavy (non-hydrogen) atoms. The van der Waals surface area contributed by atoms with E-state index in [1.165, 1.54) is 0 Å². The predicted octanol–water partition coefficient (Wildman–Crippen LogP) is 2.34. The van der Waals surface area contributed by atoms with Crippen LogP contribution >= 0.6 is 0 Å². The number of aryl methyl sites for hydroxylation is 1. The second-order valence-electron chi connectivity index (χ2n) is 5.14. The fourth-order valence-electron chi connectivity index (χ4n) is 2.32. The van der Waals surface area contributed by atoms with Gasteiger partial charge in [-0.15, -0.1) is 0 Å². The number of nitrogens with one attached hydrogen (secondary N) is 1. The zero-order valence-electron chi connectivity index (χ0n) is 11.6. The summed E-state index contributed by atoms with van der Waals surface area (Å²) in [7, 11) is 0. The lowest BCUT2D eigenvalue weighted by Crippen LogP contribution is -2.44. The molecule has 1 aromatic heterocycles. The Kier molecular flexibility index (Phi) is 3.90. The number of carbonyl (C=O) groups excluding carboxylic acids is 1. The van der Waals surface area contributed by atoms with Crippen LogP contribution in [-0.4, -0.2) is 11.9 Å². The number of furan rings is 1. The number of carbonyl (C=O) groups is 1. The fraction of sp³-hybridized carbons (Fsp3) is 0.400. The summed E-state index contributed by atoms with van der Waals surface area (Å²) in [5.74, 6) is 0.720. The van der Waals surface area contributed by atoms with Crippen LogP contribution in [0.4, 0.5) is 0 Å². The summed E-state index contributed by atoms with van der Waals surface area (Å²) < 4.78 is 5.70. The third kappa shape index (κ3) is 2.79. The van der Waals surface area contributed by atoms with Crippen molar-refractivity contribution >= 4 is 16.9 Å². The van der Waals surface area contributed by atoms with Gasteiger partial charge in [-0.05, 0) is 18.9 Å². The van der Waals surface area contributed by atoms with Crippen molar-refractivity contribution in [2.24, 2.45) is 11.7 Å². The minimum atomic E-state index is -0.326. The molecule has 0 saturated carbocycles. The highest BCUT2D eigenvalue weighted by molar-refractivity contribution is 5.82. The van der Waals surface area contributed by atoms with Crippen LogP contribution < -0.4 is 11.1 Å². The second kappa shape index (κ2) is 5.45. The van der Waals surface area contributed by atoms with Gasteiger partial charge in [-0.2, -0.15) is 0 Å². The molecule has 2 rings (SSSR count). The molecular formula is C15H20N2O2. The maximum absolute atomic E-state index is 11.4. The number of primary amides is 1.